The van der Waals surface area contributed by atoms with E-state index in [-0.39, 0.29) is 27.7 Å². The van der Waals surface area contributed by atoms with Crippen molar-refractivity contribution in [3.8, 4) is 0 Å². The maximum absolute atomic E-state index is 11.5. The molecule has 0 unspecified atom stereocenters. The van der Waals surface area contributed by atoms with E-state index in [2.05, 4.69) is 20.4 Å². The average Bonchev–Trinajstić information content (AvgIpc) is 3.55. The molecule has 195 valence electrons. The third-order valence-corrected chi connectivity index (χ3v) is 4.44. The average molecular weight is 590 g/mol. The SMILES string of the molecule is O.O.[Co+2].[O-]/C(=N\N=C\c1ccco1)c1ccc(Cl)cc1.[O-]/C(=N\N=C\c1ccco1)c1ccc(Cl)cc1. The van der Waals surface area contributed by atoms with Crippen LogP contribution in [0.15, 0.2) is 115 Å². The van der Waals surface area contributed by atoms with Crippen molar-refractivity contribution in [2.24, 2.45) is 20.4 Å². The molecule has 0 bridgehead atoms. The largest absolute Gasteiger partial charge is 2.00 e. The van der Waals surface area contributed by atoms with E-state index >= 15 is 0 Å². The summed E-state index contributed by atoms with van der Waals surface area (Å²) in [4.78, 5) is 0. The van der Waals surface area contributed by atoms with E-state index in [1.54, 1.807) is 72.8 Å². The molecule has 4 rings (SSSR count). The first-order valence-electron chi connectivity index (χ1n) is 9.66. The molecule has 0 aliphatic heterocycles. The van der Waals surface area contributed by atoms with Crippen LogP contribution in [0, 0.1) is 0 Å². The standard InChI is InChI=1S/2C12H9ClN2O2.Co.2H2O/c2*13-10-5-3-9(4-6-10)12(16)15-14-8-11-2-1-7-17-11;;;/h2*1-8H,(H,15,16);;2*1H2/q;;+2;;/p-2/b2*14-8+;;;. The van der Waals surface area contributed by atoms with Gasteiger partial charge in [-0.25, -0.2) is 0 Å². The van der Waals surface area contributed by atoms with E-state index in [1.807, 2.05) is 0 Å². The Balaban J connectivity index is 0.000000648. The third-order valence-electron chi connectivity index (χ3n) is 3.94. The second-order valence-electron chi connectivity index (χ2n) is 6.34. The van der Waals surface area contributed by atoms with Gasteiger partial charge in [-0.1, -0.05) is 47.5 Å². The molecule has 13 heteroatoms. The molecular formula is C24H20Cl2CoN4O6. The van der Waals surface area contributed by atoms with Crippen molar-refractivity contribution in [2.45, 2.75) is 0 Å². The van der Waals surface area contributed by atoms with Crippen molar-refractivity contribution in [2.75, 3.05) is 0 Å². The van der Waals surface area contributed by atoms with Crippen molar-refractivity contribution in [1.29, 1.82) is 0 Å². The normalized spacial score (nSPS) is 11.2. The second kappa shape index (κ2) is 17.7. The van der Waals surface area contributed by atoms with E-state index in [9.17, 15) is 10.2 Å². The van der Waals surface area contributed by atoms with Crippen LogP contribution < -0.4 is 10.2 Å². The zero-order valence-electron chi connectivity index (χ0n) is 18.7. The number of benzene rings is 2. The smallest absolute Gasteiger partial charge is 0.857 e. The number of hydrogen-bond acceptors (Lipinski definition) is 8. The van der Waals surface area contributed by atoms with Crippen LogP contribution in [-0.2, 0) is 16.8 Å². The molecule has 0 saturated carbocycles. The third kappa shape index (κ3) is 11.7. The fourth-order valence-corrected chi connectivity index (χ4v) is 2.56. The van der Waals surface area contributed by atoms with E-state index in [4.69, 9.17) is 32.0 Å². The summed E-state index contributed by atoms with van der Waals surface area (Å²) < 4.78 is 10.00. The summed E-state index contributed by atoms with van der Waals surface area (Å²) in [6, 6.07) is 19.8. The molecule has 37 heavy (non-hydrogen) atoms. The van der Waals surface area contributed by atoms with Gasteiger partial charge in [0.25, 0.3) is 0 Å². The minimum Gasteiger partial charge on any atom is -0.857 e. The van der Waals surface area contributed by atoms with Crippen LogP contribution in [0.25, 0.3) is 0 Å². The van der Waals surface area contributed by atoms with Gasteiger partial charge in [-0.2, -0.15) is 20.4 Å². The van der Waals surface area contributed by atoms with Gasteiger partial charge in [0.2, 0.25) is 0 Å². The fourth-order valence-electron chi connectivity index (χ4n) is 2.31. The predicted molar refractivity (Wildman–Crippen MR) is 136 cm³/mol. The quantitative estimate of drug-likeness (QED) is 0.190. The molecule has 0 aliphatic carbocycles. The van der Waals surface area contributed by atoms with Crippen LogP contribution >= 0.6 is 23.2 Å². The van der Waals surface area contributed by atoms with Crippen LogP contribution in [0.4, 0.5) is 0 Å². The zero-order valence-corrected chi connectivity index (χ0v) is 21.3. The molecule has 2 aromatic carbocycles. The minimum atomic E-state index is -0.426. The molecule has 4 N–H and O–H groups in total. The van der Waals surface area contributed by atoms with Gasteiger partial charge in [0, 0.05) is 21.8 Å². The maximum Gasteiger partial charge on any atom is 2.00 e. The molecule has 4 aromatic rings. The Morgan fingerprint density at radius 3 is 1.27 bits per heavy atom. The van der Waals surface area contributed by atoms with Crippen LogP contribution in [0.1, 0.15) is 22.6 Å². The number of hydrogen-bond donors (Lipinski definition) is 0. The Bertz CT molecular complexity index is 1170. The monoisotopic (exact) mass is 589 g/mol. The summed E-state index contributed by atoms with van der Waals surface area (Å²) in [5.74, 6) is 0.226. The van der Waals surface area contributed by atoms with Crippen LogP contribution in [0.5, 0.6) is 0 Å². The molecule has 1 radical (unpaired) electrons. The van der Waals surface area contributed by atoms with Crippen LogP contribution in [0.3, 0.4) is 0 Å². The Kier molecular flexibility index (Phi) is 15.9. The Morgan fingerprint density at radius 2 is 0.973 bits per heavy atom. The minimum absolute atomic E-state index is 0. The van der Waals surface area contributed by atoms with Crippen molar-refractivity contribution < 1.29 is 46.8 Å². The molecule has 2 heterocycles. The topological polar surface area (TPSA) is 185 Å². The summed E-state index contributed by atoms with van der Waals surface area (Å²) in [5.41, 5.74) is 0.872. The molecule has 2 aromatic heterocycles. The molecule has 0 amide bonds. The van der Waals surface area contributed by atoms with E-state index in [0.717, 1.165) is 0 Å². The number of furan rings is 2. The van der Waals surface area contributed by atoms with E-state index < -0.39 is 11.8 Å². The molecular weight excluding hydrogens is 570 g/mol. The van der Waals surface area contributed by atoms with E-state index in [1.165, 1.54) is 25.0 Å². The summed E-state index contributed by atoms with van der Waals surface area (Å²) >= 11 is 11.4. The van der Waals surface area contributed by atoms with Gasteiger partial charge in [-0.3, -0.25) is 0 Å². The first-order valence-corrected chi connectivity index (χ1v) is 10.4. The zero-order chi connectivity index (χ0) is 24.2. The maximum atomic E-state index is 11.5. The van der Waals surface area contributed by atoms with Gasteiger partial charge >= 0.3 is 16.8 Å². The summed E-state index contributed by atoms with van der Waals surface area (Å²) in [5, 5.41) is 38.5. The number of rotatable bonds is 6. The molecule has 0 atom stereocenters. The molecule has 10 nitrogen and oxygen atoms in total. The fraction of sp³-hybridized carbons (Fsp3) is 0. The molecule has 0 aliphatic rings. The Labute approximate surface area is 232 Å². The first kappa shape index (κ1) is 33.3. The summed E-state index contributed by atoms with van der Waals surface area (Å²) in [6.07, 6.45) is 5.77. The van der Waals surface area contributed by atoms with Crippen molar-refractivity contribution in [1.82, 2.24) is 0 Å². The second-order valence-corrected chi connectivity index (χ2v) is 7.22. The van der Waals surface area contributed by atoms with Gasteiger partial charge in [0.1, 0.15) is 11.5 Å². The van der Waals surface area contributed by atoms with Gasteiger partial charge in [-0.05, 0) is 59.7 Å². The predicted octanol–water partition coefficient (Wildman–Crippen LogP) is 2.50. The summed E-state index contributed by atoms with van der Waals surface area (Å²) in [7, 11) is 0. The number of nitrogens with zero attached hydrogens (tertiary/aromatic N) is 4. The van der Waals surface area contributed by atoms with E-state index in [0.29, 0.717) is 32.7 Å². The van der Waals surface area contributed by atoms with Gasteiger partial charge in [0.15, 0.2) is 0 Å². The van der Waals surface area contributed by atoms with Crippen LogP contribution in [-0.4, -0.2) is 35.2 Å². The number of halogens is 2. The van der Waals surface area contributed by atoms with Crippen molar-refractivity contribution in [3.05, 3.63) is 118 Å². The summed E-state index contributed by atoms with van der Waals surface area (Å²) in [6.45, 7) is 0. The van der Waals surface area contributed by atoms with Gasteiger partial charge < -0.3 is 30.0 Å². The Hall–Kier alpha value is -3.71. The van der Waals surface area contributed by atoms with Crippen LogP contribution in [0.2, 0.25) is 10.0 Å². The van der Waals surface area contributed by atoms with Crippen molar-refractivity contribution in [3.63, 3.8) is 0 Å². The molecule has 0 spiro atoms. The first-order chi connectivity index (χ1) is 16.5. The molecule has 0 saturated heterocycles. The van der Waals surface area contributed by atoms with Gasteiger partial charge in [-0.15, -0.1) is 0 Å². The van der Waals surface area contributed by atoms with Gasteiger partial charge in [0.05, 0.1) is 25.0 Å². The van der Waals surface area contributed by atoms with Crippen molar-refractivity contribution >= 4 is 47.4 Å². The Morgan fingerprint density at radius 1 is 0.622 bits per heavy atom. The molecule has 0 fully saturated rings.